The molecule has 5 nitrogen and oxygen atoms in total. The number of fused-ring (bicyclic) bond motifs is 1. The van der Waals surface area contributed by atoms with E-state index in [1.165, 1.54) is 11.3 Å². The van der Waals surface area contributed by atoms with Crippen LogP contribution in [0.25, 0.3) is 21.3 Å². The highest BCUT2D eigenvalue weighted by molar-refractivity contribution is 7.17. The fourth-order valence-corrected chi connectivity index (χ4v) is 3.58. The van der Waals surface area contributed by atoms with Crippen molar-refractivity contribution in [2.45, 2.75) is 0 Å². The molecule has 0 spiro atoms. The van der Waals surface area contributed by atoms with Crippen LogP contribution in [0.5, 0.6) is 0 Å². The summed E-state index contributed by atoms with van der Waals surface area (Å²) in [5.41, 5.74) is 1.88. The molecule has 0 unspecified atom stereocenters. The normalized spacial score (nSPS) is 10.9. The molecule has 1 N–H and O–H groups in total. The van der Waals surface area contributed by atoms with Gasteiger partial charge in [-0.1, -0.05) is 23.7 Å². The molecule has 0 amide bonds. The fourth-order valence-electron chi connectivity index (χ4n) is 2.29. The lowest BCUT2D eigenvalue weighted by atomic mass is 10.1. The Kier molecular flexibility index (Phi) is 4.39. The van der Waals surface area contributed by atoms with E-state index in [1.54, 1.807) is 24.1 Å². The Labute approximate surface area is 146 Å². The van der Waals surface area contributed by atoms with E-state index in [4.69, 9.17) is 28.3 Å². The van der Waals surface area contributed by atoms with Crippen molar-refractivity contribution in [1.82, 2.24) is 9.97 Å². The second-order valence-corrected chi connectivity index (χ2v) is 6.54. The largest absolute Gasteiger partial charge is 0.480 e. The Balaban J connectivity index is 2.20. The van der Waals surface area contributed by atoms with Crippen molar-refractivity contribution in [3.63, 3.8) is 0 Å². The molecule has 0 saturated heterocycles. The first-order valence-electron chi connectivity index (χ1n) is 6.59. The molecule has 0 aliphatic carbocycles. The maximum atomic E-state index is 11.0. The third-order valence-electron chi connectivity index (χ3n) is 3.28. The molecular formula is C15H11Cl2N3O2S. The van der Waals surface area contributed by atoms with Gasteiger partial charge in [-0.2, -0.15) is 4.98 Å². The van der Waals surface area contributed by atoms with Gasteiger partial charge in [0.2, 0.25) is 5.28 Å². The second kappa shape index (κ2) is 6.31. The van der Waals surface area contributed by atoms with Crippen molar-refractivity contribution in [3.8, 4) is 11.1 Å². The van der Waals surface area contributed by atoms with Crippen LogP contribution in [-0.4, -0.2) is 34.6 Å². The second-order valence-electron chi connectivity index (χ2n) is 4.90. The van der Waals surface area contributed by atoms with E-state index in [0.717, 1.165) is 16.5 Å². The zero-order valence-electron chi connectivity index (χ0n) is 12.0. The van der Waals surface area contributed by atoms with Gasteiger partial charge in [0.05, 0.1) is 5.39 Å². The molecule has 3 aromatic rings. The SMILES string of the molecule is CN(CC(=O)O)c1nc(Cl)nc2scc(-c3ccc(Cl)cc3)c12. The Hall–Kier alpha value is -1.89. The summed E-state index contributed by atoms with van der Waals surface area (Å²) in [6.45, 7) is -0.182. The van der Waals surface area contributed by atoms with E-state index in [1.807, 2.05) is 17.5 Å². The first-order valence-corrected chi connectivity index (χ1v) is 8.23. The van der Waals surface area contributed by atoms with Crippen LogP contribution in [-0.2, 0) is 4.79 Å². The number of anilines is 1. The summed E-state index contributed by atoms with van der Waals surface area (Å²) < 4.78 is 0. The molecule has 0 radical (unpaired) electrons. The lowest BCUT2D eigenvalue weighted by Crippen LogP contribution is -2.26. The molecule has 8 heteroatoms. The number of benzene rings is 1. The summed E-state index contributed by atoms with van der Waals surface area (Å²) in [5, 5.41) is 12.5. The molecule has 0 saturated carbocycles. The van der Waals surface area contributed by atoms with Gasteiger partial charge in [0, 0.05) is 23.0 Å². The molecule has 0 atom stereocenters. The minimum absolute atomic E-state index is 0.0919. The Morgan fingerprint density at radius 1 is 1.26 bits per heavy atom. The Morgan fingerprint density at radius 3 is 2.61 bits per heavy atom. The molecule has 3 rings (SSSR count). The number of likely N-dealkylation sites (N-methyl/N-ethyl adjacent to an activating group) is 1. The number of aromatic nitrogens is 2. The first-order chi connectivity index (χ1) is 11.0. The minimum Gasteiger partial charge on any atom is -0.480 e. The number of hydrogen-bond donors (Lipinski definition) is 1. The molecule has 0 fully saturated rings. The number of carbonyl (C=O) groups is 1. The predicted octanol–water partition coefficient (Wildman–Crippen LogP) is 4.19. The van der Waals surface area contributed by atoms with Crippen molar-refractivity contribution in [2.75, 3.05) is 18.5 Å². The number of carboxylic acids is 1. The number of halogens is 2. The van der Waals surface area contributed by atoms with Crippen molar-refractivity contribution in [3.05, 3.63) is 40.0 Å². The standard InChI is InChI=1S/C15H11Cl2N3O2S/c1-20(6-11(21)22)13-12-10(8-2-4-9(16)5-3-8)7-23-14(12)19-15(17)18-13/h2-5,7H,6H2,1H3,(H,21,22). The van der Waals surface area contributed by atoms with Gasteiger partial charge < -0.3 is 10.0 Å². The molecule has 2 aromatic heterocycles. The summed E-state index contributed by atoms with van der Waals surface area (Å²) in [4.78, 5) is 21.7. The third-order valence-corrected chi connectivity index (χ3v) is 4.57. The number of carboxylic acid groups (broad SMARTS) is 1. The number of aliphatic carboxylic acids is 1. The van der Waals surface area contributed by atoms with Crippen LogP contribution in [0.1, 0.15) is 0 Å². The summed E-state index contributed by atoms with van der Waals surface area (Å²) in [6.07, 6.45) is 0. The lowest BCUT2D eigenvalue weighted by molar-refractivity contribution is -0.135. The van der Waals surface area contributed by atoms with E-state index < -0.39 is 5.97 Å². The fraction of sp³-hybridized carbons (Fsp3) is 0.133. The van der Waals surface area contributed by atoms with Crippen LogP contribution in [0, 0.1) is 0 Å². The van der Waals surface area contributed by atoms with Crippen molar-refractivity contribution >= 4 is 56.5 Å². The van der Waals surface area contributed by atoms with Gasteiger partial charge in [-0.25, -0.2) is 4.98 Å². The zero-order valence-corrected chi connectivity index (χ0v) is 14.3. The average Bonchev–Trinajstić information content (AvgIpc) is 2.90. The Morgan fingerprint density at radius 2 is 1.96 bits per heavy atom. The molecule has 23 heavy (non-hydrogen) atoms. The smallest absolute Gasteiger partial charge is 0.323 e. The summed E-state index contributed by atoms with van der Waals surface area (Å²) in [6, 6.07) is 7.41. The van der Waals surface area contributed by atoms with Crippen LogP contribution in [0.2, 0.25) is 10.3 Å². The quantitative estimate of drug-likeness (QED) is 0.700. The topological polar surface area (TPSA) is 66.3 Å². The maximum Gasteiger partial charge on any atom is 0.323 e. The van der Waals surface area contributed by atoms with Gasteiger partial charge >= 0.3 is 5.97 Å². The highest BCUT2D eigenvalue weighted by Crippen LogP contribution is 2.38. The number of rotatable bonds is 4. The minimum atomic E-state index is -0.946. The zero-order chi connectivity index (χ0) is 16.6. The van der Waals surface area contributed by atoms with Gasteiger partial charge in [0.25, 0.3) is 0 Å². The van der Waals surface area contributed by atoms with Gasteiger partial charge in [-0.3, -0.25) is 4.79 Å². The maximum absolute atomic E-state index is 11.0. The van der Waals surface area contributed by atoms with Gasteiger partial charge in [-0.05, 0) is 29.3 Å². The molecular weight excluding hydrogens is 357 g/mol. The van der Waals surface area contributed by atoms with Gasteiger partial charge in [0.1, 0.15) is 17.2 Å². The van der Waals surface area contributed by atoms with Crippen LogP contribution in [0.15, 0.2) is 29.6 Å². The van der Waals surface area contributed by atoms with Crippen LogP contribution in [0.4, 0.5) is 5.82 Å². The van der Waals surface area contributed by atoms with Crippen molar-refractivity contribution in [2.24, 2.45) is 0 Å². The first kappa shape index (κ1) is 16.0. The molecule has 2 heterocycles. The van der Waals surface area contributed by atoms with E-state index in [-0.39, 0.29) is 11.8 Å². The van der Waals surface area contributed by atoms with Crippen LogP contribution >= 0.6 is 34.5 Å². The molecule has 118 valence electrons. The summed E-state index contributed by atoms with van der Waals surface area (Å²) in [5.74, 6) is -0.452. The molecule has 0 bridgehead atoms. The highest BCUT2D eigenvalue weighted by atomic mass is 35.5. The van der Waals surface area contributed by atoms with E-state index in [0.29, 0.717) is 15.7 Å². The highest BCUT2D eigenvalue weighted by Gasteiger charge is 2.18. The van der Waals surface area contributed by atoms with Crippen LogP contribution < -0.4 is 4.90 Å². The van der Waals surface area contributed by atoms with Gasteiger partial charge in [-0.15, -0.1) is 11.3 Å². The third kappa shape index (κ3) is 3.24. The molecule has 0 aliphatic heterocycles. The molecule has 1 aromatic carbocycles. The van der Waals surface area contributed by atoms with Crippen molar-refractivity contribution in [1.29, 1.82) is 0 Å². The monoisotopic (exact) mass is 367 g/mol. The summed E-state index contributed by atoms with van der Waals surface area (Å²) in [7, 11) is 1.66. The predicted molar refractivity (Wildman–Crippen MR) is 93.8 cm³/mol. The lowest BCUT2D eigenvalue weighted by Gasteiger charge is -2.17. The number of nitrogens with zero attached hydrogens (tertiary/aromatic N) is 3. The average molecular weight is 368 g/mol. The van der Waals surface area contributed by atoms with E-state index >= 15 is 0 Å². The van der Waals surface area contributed by atoms with Crippen molar-refractivity contribution < 1.29 is 9.90 Å². The van der Waals surface area contributed by atoms with Gasteiger partial charge in [0.15, 0.2) is 0 Å². The van der Waals surface area contributed by atoms with E-state index in [2.05, 4.69) is 9.97 Å². The van der Waals surface area contributed by atoms with E-state index in [9.17, 15) is 4.79 Å². The van der Waals surface area contributed by atoms with Crippen LogP contribution in [0.3, 0.4) is 0 Å². The summed E-state index contributed by atoms with van der Waals surface area (Å²) >= 11 is 13.3. The number of hydrogen-bond acceptors (Lipinski definition) is 5. The Bertz CT molecular complexity index is 880. The molecule has 0 aliphatic rings. The number of thiophene rings is 1.